The van der Waals surface area contributed by atoms with Crippen LogP contribution in [0.1, 0.15) is 40.1 Å². The second kappa shape index (κ2) is 8.64. The lowest BCUT2D eigenvalue weighted by Gasteiger charge is -2.15. The third-order valence-corrected chi connectivity index (χ3v) is 4.47. The Morgan fingerprint density at radius 2 is 1.97 bits per heavy atom. The maximum absolute atomic E-state index is 12.6. The van der Waals surface area contributed by atoms with E-state index in [-0.39, 0.29) is 34.0 Å². The summed E-state index contributed by atoms with van der Waals surface area (Å²) in [5, 5.41) is 23.2. The molecule has 0 saturated heterocycles. The van der Waals surface area contributed by atoms with Crippen molar-refractivity contribution in [2.75, 3.05) is 6.61 Å². The quantitative estimate of drug-likeness (QED) is 0.417. The minimum atomic E-state index is -1.17. The number of rotatable bonds is 6. The number of hydrogen-bond donors (Lipinski definition) is 3. The molecule has 0 fully saturated rings. The first-order valence-corrected chi connectivity index (χ1v) is 9.32. The summed E-state index contributed by atoms with van der Waals surface area (Å²) in [5.41, 5.74) is -1.04. The number of nitrogens with zero attached hydrogens (tertiary/aromatic N) is 2. The Kier molecular flexibility index (Phi) is 6.01. The van der Waals surface area contributed by atoms with Crippen LogP contribution in [0.5, 0.6) is 5.75 Å². The number of carbonyl (C=O) groups is 2. The second-order valence-corrected chi connectivity index (χ2v) is 6.72. The molecule has 1 amide bonds. The van der Waals surface area contributed by atoms with Crippen molar-refractivity contribution in [3.8, 4) is 5.75 Å². The normalized spacial score (nSPS) is 11.8. The van der Waals surface area contributed by atoms with Crippen LogP contribution in [-0.2, 0) is 11.2 Å². The number of fused-ring (bicyclic) bond motifs is 1. The summed E-state index contributed by atoms with van der Waals surface area (Å²) in [7, 11) is 0. The van der Waals surface area contributed by atoms with Crippen molar-refractivity contribution in [3.63, 3.8) is 0 Å². The second-order valence-electron chi connectivity index (χ2n) is 6.72. The molecule has 1 unspecified atom stereocenters. The van der Waals surface area contributed by atoms with E-state index in [1.165, 1.54) is 19.2 Å². The highest BCUT2D eigenvalue weighted by molar-refractivity contribution is 6.02. The SMILES string of the molecule is CCOC(=O)c1c(O)c2cc(C(=O)NC(C)Cc3ccccc3)cnc2n(O)c1=O. The molecule has 1 atom stereocenters. The molecule has 30 heavy (non-hydrogen) atoms. The molecule has 0 saturated carbocycles. The summed E-state index contributed by atoms with van der Waals surface area (Å²) in [6.07, 6.45) is 1.78. The van der Waals surface area contributed by atoms with Gasteiger partial charge in [0.05, 0.1) is 17.6 Å². The molecule has 1 aromatic carbocycles. The zero-order valence-electron chi connectivity index (χ0n) is 16.5. The Morgan fingerprint density at radius 1 is 1.27 bits per heavy atom. The molecule has 0 radical (unpaired) electrons. The molecule has 2 aromatic heterocycles. The van der Waals surface area contributed by atoms with Crippen LogP contribution in [0, 0.1) is 0 Å². The number of esters is 1. The van der Waals surface area contributed by atoms with Crippen molar-refractivity contribution in [3.05, 3.63) is 69.6 Å². The average Bonchev–Trinajstić information content (AvgIpc) is 2.72. The van der Waals surface area contributed by atoms with Crippen molar-refractivity contribution in [2.24, 2.45) is 0 Å². The van der Waals surface area contributed by atoms with Gasteiger partial charge in [-0.2, -0.15) is 0 Å². The molecule has 0 bridgehead atoms. The Hall–Kier alpha value is -3.88. The van der Waals surface area contributed by atoms with E-state index in [0.717, 1.165) is 5.56 Å². The summed E-state index contributed by atoms with van der Waals surface area (Å²) in [6, 6.07) is 10.7. The van der Waals surface area contributed by atoms with Crippen LogP contribution in [0.25, 0.3) is 11.0 Å². The molecular weight excluding hydrogens is 390 g/mol. The maximum Gasteiger partial charge on any atom is 0.347 e. The monoisotopic (exact) mass is 411 g/mol. The fourth-order valence-corrected chi connectivity index (χ4v) is 3.08. The van der Waals surface area contributed by atoms with Crippen molar-refractivity contribution >= 4 is 22.9 Å². The first-order chi connectivity index (χ1) is 14.3. The zero-order chi connectivity index (χ0) is 21.8. The third-order valence-electron chi connectivity index (χ3n) is 4.47. The van der Waals surface area contributed by atoms with E-state index in [1.54, 1.807) is 0 Å². The van der Waals surface area contributed by atoms with Gasteiger partial charge in [0, 0.05) is 12.2 Å². The lowest BCUT2D eigenvalue weighted by molar-refractivity contribution is 0.0515. The molecule has 3 aromatic rings. The number of amides is 1. The van der Waals surface area contributed by atoms with E-state index in [9.17, 15) is 24.7 Å². The van der Waals surface area contributed by atoms with E-state index < -0.39 is 28.7 Å². The first-order valence-electron chi connectivity index (χ1n) is 9.32. The van der Waals surface area contributed by atoms with Crippen LogP contribution < -0.4 is 10.9 Å². The molecule has 2 heterocycles. The highest BCUT2D eigenvalue weighted by Gasteiger charge is 2.25. The highest BCUT2D eigenvalue weighted by atomic mass is 16.5. The molecule has 3 N–H and O–H groups in total. The van der Waals surface area contributed by atoms with Crippen molar-refractivity contribution < 1.29 is 24.6 Å². The number of benzene rings is 1. The van der Waals surface area contributed by atoms with Gasteiger partial charge in [0.15, 0.2) is 11.2 Å². The summed E-state index contributed by atoms with van der Waals surface area (Å²) in [6.45, 7) is 3.36. The molecule has 0 aliphatic carbocycles. The zero-order valence-corrected chi connectivity index (χ0v) is 16.5. The lowest BCUT2D eigenvalue weighted by Crippen LogP contribution is -2.34. The van der Waals surface area contributed by atoms with Crippen molar-refractivity contribution in [1.82, 2.24) is 15.0 Å². The number of aromatic hydroxyl groups is 1. The minimum Gasteiger partial charge on any atom is -0.506 e. The Labute approximate surface area is 171 Å². The van der Waals surface area contributed by atoms with Gasteiger partial charge in [0.2, 0.25) is 0 Å². The summed E-state index contributed by atoms with van der Waals surface area (Å²) in [4.78, 5) is 40.7. The van der Waals surface area contributed by atoms with Gasteiger partial charge >= 0.3 is 11.5 Å². The van der Waals surface area contributed by atoms with Crippen LogP contribution in [0.15, 0.2) is 47.4 Å². The van der Waals surface area contributed by atoms with Gasteiger partial charge in [0.25, 0.3) is 5.91 Å². The van der Waals surface area contributed by atoms with Crippen molar-refractivity contribution in [1.29, 1.82) is 0 Å². The van der Waals surface area contributed by atoms with Gasteiger partial charge in [-0.05, 0) is 31.9 Å². The predicted molar refractivity (Wildman–Crippen MR) is 108 cm³/mol. The summed E-state index contributed by atoms with van der Waals surface area (Å²) in [5.74, 6) is -2.25. The van der Waals surface area contributed by atoms with Crippen LogP contribution in [0.3, 0.4) is 0 Å². The van der Waals surface area contributed by atoms with Gasteiger partial charge in [-0.15, -0.1) is 4.73 Å². The lowest BCUT2D eigenvalue weighted by atomic mass is 10.1. The van der Waals surface area contributed by atoms with E-state index >= 15 is 0 Å². The highest BCUT2D eigenvalue weighted by Crippen LogP contribution is 2.26. The van der Waals surface area contributed by atoms with Crippen LogP contribution in [-0.4, -0.2) is 44.6 Å². The molecule has 9 nitrogen and oxygen atoms in total. The number of hydrogen-bond acceptors (Lipinski definition) is 7. The number of carbonyl (C=O) groups excluding carboxylic acids is 2. The average molecular weight is 411 g/mol. The molecule has 0 aliphatic rings. The molecule has 9 heteroatoms. The maximum atomic E-state index is 12.6. The summed E-state index contributed by atoms with van der Waals surface area (Å²) < 4.78 is 4.90. The number of pyridine rings is 2. The smallest absolute Gasteiger partial charge is 0.347 e. The van der Waals surface area contributed by atoms with Gasteiger partial charge in [-0.3, -0.25) is 9.59 Å². The van der Waals surface area contributed by atoms with E-state index in [4.69, 9.17) is 4.74 Å². The Balaban J connectivity index is 1.92. The molecule has 0 spiro atoms. The predicted octanol–water partition coefficient (Wildman–Crippen LogP) is 1.88. The van der Waals surface area contributed by atoms with E-state index in [0.29, 0.717) is 6.42 Å². The largest absolute Gasteiger partial charge is 0.506 e. The van der Waals surface area contributed by atoms with E-state index in [2.05, 4.69) is 10.3 Å². The Morgan fingerprint density at radius 3 is 2.63 bits per heavy atom. The number of nitrogens with one attached hydrogen (secondary N) is 1. The van der Waals surface area contributed by atoms with Crippen LogP contribution >= 0.6 is 0 Å². The molecule has 0 aliphatic heterocycles. The van der Waals surface area contributed by atoms with Gasteiger partial charge in [-0.25, -0.2) is 9.78 Å². The topological polar surface area (TPSA) is 131 Å². The molecule has 156 valence electrons. The Bertz CT molecular complexity index is 1160. The van der Waals surface area contributed by atoms with Gasteiger partial charge in [-0.1, -0.05) is 30.3 Å². The molecule has 3 rings (SSSR count). The fraction of sp³-hybridized carbons (Fsp3) is 0.238. The summed E-state index contributed by atoms with van der Waals surface area (Å²) >= 11 is 0. The van der Waals surface area contributed by atoms with Gasteiger partial charge < -0.3 is 20.4 Å². The van der Waals surface area contributed by atoms with Crippen LogP contribution in [0.2, 0.25) is 0 Å². The standard InChI is InChI=1S/C21H21N3O6/c1-3-30-21(28)16-17(25)15-10-14(11-22-18(15)24(29)20(16)27)19(26)23-12(2)9-13-7-5-4-6-8-13/h4-8,10-12,25,29H,3,9H2,1-2H3,(H,23,26). The van der Waals surface area contributed by atoms with Gasteiger partial charge in [0.1, 0.15) is 5.75 Å². The first kappa shape index (κ1) is 20.8. The van der Waals surface area contributed by atoms with Crippen LogP contribution in [0.4, 0.5) is 0 Å². The molecular formula is C21H21N3O6. The minimum absolute atomic E-state index is 0.0266. The fourth-order valence-electron chi connectivity index (χ4n) is 3.08. The number of ether oxygens (including phenoxy) is 1. The number of aromatic nitrogens is 2. The van der Waals surface area contributed by atoms with E-state index in [1.807, 2.05) is 37.3 Å². The van der Waals surface area contributed by atoms with Crippen molar-refractivity contribution in [2.45, 2.75) is 26.3 Å². The third kappa shape index (κ3) is 4.09.